The van der Waals surface area contributed by atoms with Crippen LogP contribution in [0.15, 0.2) is 64.4 Å². The van der Waals surface area contributed by atoms with Crippen LogP contribution in [0.4, 0.5) is 5.69 Å². The third-order valence-corrected chi connectivity index (χ3v) is 5.03. The van der Waals surface area contributed by atoms with Crippen LogP contribution in [0.2, 0.25) is 0 Å². The van der Waals surface area contributed by atoms with Crippen molar-refractivity contribution in [3.63, 3.8) is 0 Å². The number of nitrogens with one attached hydrogen (secondary N) is 1. The van der Waals surface area contributed by atoms with E-state index >= 15 is 0 Å². The zero-order chi connectivity index (χ0) is 15.1. The predicted octanol–water partition coefficient (Wildman–Crippen LogP) is 4.78. The van der Waals surface area contributed by atoms with Crippen molar-refractivity contribution >= 4 is 35.1 Å². The molecular weight excluding hydrogens is 298 g/mol. The molecule has 110 valence electrons. The Bertz CT molecular complexity index is 586. The van der Waals surface area contributed by atoms with Gasteiger partial charge in [0.25, 0.3) is 0 Å². The first-order valence-corrected chi connectivity index (χ1v) is 9.03. The fourth-order valence-electron chi connectivity index (χ4n) is 1.78. The van der Waals surface area contributed by atoms with E-state index in [9.17, 15) is 4.79 Å². The highest BCUT2D eigenvalue weighted by Gasteiger charge is 2.13. The van der Waals surface area contributed by atoms with Crippen LogP contribution >= 0.6 is 23.5 Å². The first-order chi connectivity index (χ1) is 10.2. The third-order valence-electron chi connectivity index (χ3n) is 3.03. The molecule has 4 heteroatoms. The second-order valence-electron chi connectivity index (χ2n) is 4.75. The van der Waals surface area contributed by atoms with Crippen LogP contribution in [0, 0.1) is 5.92 Å². The maximum atomic E-state index is 12.2. The highest BCUT2D eigenvalue weighted by atomic mass is 32.2. The van der Waals surface area contributed by atoms with Crippen LogP contribution in [-0.2, 0) is 4.79 Å². The Morgan fingerprint density at radius 2 is 1.81 bits per heavy atom. The number of carbonyl (C=O) groups excluding carboxylic acids is 1. The molecule has 1 N–H and O–H groups in total. The summed E-state index contributed by atoms with van der Waals surface area (Å²) in [5.74, 6) is 0.808. The summed E-state index contributed by atoms with van der Waals surface area (Å²) >= 11 is 3.38. The average molecular weight is 317 g/mol. The Hall–Kier alpha value is -1.39. The number of thioether (sulfide) groups is 2. The SMILES string of the molecule is CSc1cccc(NC(=O)C(C)CSc2ccccc2)c1. The second-order valence-corrected chi connectivity index (χ2v) is 6.72. The summed E-state index contributed by atoms with van der Waals surface area (Å²) in [6.45, 7) is 1.96. The lowest BCUT2D eigenvalue weighted by Crippen LogP contribution is -2.22. The molecule has 0 aliphatic rings. The van der Waals surface area contributed by atoms with E-state index in [1.54, 1.807) is 23.5 Å². The van der Waals surface area contributed by atoms with Crippen molar-refractivity contribution in [3.8, 4) is 0 Å². The number of hydrogen-bond acceptors (Lipinski definition) is 3. The maximum Gasteiger partial charge on any atom is 0.228 e. The molecule has 1 unspecified atom stereocenters. The van der Waals surface area contributed by atoms with Gasteiger partial charge in [0, 0.05) is 27.1 Å². The number of carbonyl (C=O) groups is 1. The van der Waals surface area contributed by atoms with Gasteiger partial charge in [0.15, 0.2) is 0 Å². The minimum absolute atomic E-state index is 0.0341. The molecule has 1 amide bonds. The molecule has 2 aromatic carbocycles. The molecule has 1 atom stereocenters. The number of rotatable bonds is 6. The summed E-state index contributed by atoms with van der Waals surface area (Å²) < 4.78 is 0. The maximum absolute atomic E-state index is 12.2. The lowest BCUT2D eigenvalue weighted by molar-refractivity contribution is -0.118. The van der Waals surface area contributed by atoms with Gasteiger partial charge in [0.05, 0.1) is 0 Å². The van der Waals surface area contributed by atoms with Gasteiger partial charge in [-0.25, -0.2) is 0 Å². The number of hydrogen-bond donors (Lipinski definition) is 1. The van der Waals surface area contributed by atoms with Gasteiger partial charge in [0.1, 0.15) is 0 Å². The minimum Gasteiger partial charge on any atom is -0.326 e. The molecule has 0 saturated carbocycles. The molecule has 0 fully saturated rings. The van der Waals surface area contributed by atoms with E-state index in [0.717, 1.165) is 16.3 Å². The van der Waals surface area contributed by atoms with Crippen LogP contribution in [0.1, 0.15) is 6.92 Å². The summed E-state index contributed by atoms with van der Waals surface area (Å²) in [7, 11) is 0. The molecule has 0 aliphatic heterocycles. The number of anilines is 1. The zero-order valence-electron chi connectivity index (χ0n) is 12.2. The molecule has 0 radical (unpaired) electrons. The largest absolute Gasteiger partial charge is 0.326 e. The van der Waals surface area contributed by atoms with Gasteiger partial charge in [0.2, 0.25) is 5.91 Å². The van der Waals surface area contributed by atoms with Crippen molar-refractivity contribution < 1.29 is 4.79 Å². The smallest absolute Gasteiger partial charge is 0.228 e. The zero-order valence-corrected chi connectivity index (χ0v) is 13.8. The standard InChI is InChI=1S/C17H19NOS2/c1-13(12-21-15-8-4-3-5-9-15)17(19)18-14-7-6-10-16(11-14)20-2/h3-11,13H,12H2,1-2H3,(H,18,19). The first-order valence-electron chi connectivity index (χ1n) is 6.82. The molecule has 2 nitrogen and oxygen atoms in total. The van der Waals surface area contributed by atoms with Crippen molar-refractivity contribution in [1.29, 1.82) is 0 Å². The summed E-state index contributed by atoms with van der Waals surface area (Å²) in [5, 5.41) is 2.99. The Morgan fingerprint density at radius 1 is 1.10 bits per heavy atom. The molecule has 0 heterocycles. The molecule has 0 saturated heterocycles. The summed E-state index contributed by atoms with van der Waals surface area (Å²) in [6.07, 6.45) is 2.03. The fourth-order valence-corrected chi connectivity index (χ4v) is 3.18. The number of amides is 1. The Balaban J connectivity index is 1.87. The molecule has 0 spiro atoms. The average Bonchev–Trinajstić information content (AvgIpc) is 2.53. The lowest BCUT2D eigenvalue weighted by atomic mass is 10.2. The van der Waals surface area contributed by atoms with E-state index in [2.05, 4.69) is 17.4 Å². The van der Waals surface area contributed by atoms with Crippen molar-refractivity contribution in [2.75, 3.05) is 17.3 Å². The van der Waals surface area contributed by atoms with Gasteiger partial charge in [-0.2, -0.15) is 0 Å². The van der Waals surface area contributed by atoms with Gasteiger partial charge in [-0.1, -0.05) is 31.2 Å². The highest BCUT2D eigenvalue weighted by molar-refractivity contribution is 7.99. The van der Waals surface area contributed by atoms with Gasteiger partial charge in [-0.3, -0.25) is 4.79 Å². The quantitative estimate of drug-likeness (QED) is 0.778. The molecule has 2 aromatic rings. The van der Waals surface area contributed by atoms with E-state index in [4.69, 9.17) is 0 Å². The molecule has 2 rings (SSSR count). The minimum atomic E-state index is -0.0341. The van der Waals surface area contributed by atoms with Gasteiger partial charge < -0.3 is 5.32 Å². The monoisotopic (exact) mass is 317 g/mol. The Morgan fingerprint density at radius 3 is 2.52 bits per heavy atom. The van der Waals surface area contributed by atoms with Crippen LogP contribution in [0.3, 0.4) is 0 Å². The molecule has 0 bridgehead atoms. The number of benzene rings is 2. The lowest BCUT2D eigenvalue weighted by Gasteiger charge is -2.12. The third kappa shape index (κ3) is 5.14. The van der Waals surface area contributed by atoms with Crippen molar-refractivity contribution in [1.82, 2.24) is 0 Å². The van der Waals surface area contributed by atoms with Crippen LogP contribution in [0.25, 0.3) is 0 Å². The second kappa shape index (κ2) is 8.15. The van der Waals surface area contributed by atoms with Gasteiger partial charge in [-0.05, 0) is 36.6 Å². The van der Waals surface area contributed by atoms with E-state index in [1.165, 1.54) is 4.90 Å². The van der Waals surface area contributed by atoms with E-state index in [1.807, 2.05) is 55.6 Å². The Kier molecular flexibility index (Phi) is 6.21. The van der Waals surface area contributed by atoms with Crippen molar-refractivity contribution in [3.05, 3.63) is 54.6 Å². The fraction of sp³-hybridized carbons (Fsp3) is 0.235. The summed E-state index contributed by atoms with van der Waals surface area (Å²) in [6, 6.07) is 18.1. The Labute approximate surface area is 134 Å². The summed E-state index contributed by atoms with van der Waals surface area (Å²) in [4.78, 5) is 14.5. The van der Waals surface area contributed by atoms with Crippen molar-refractivity contribution in [2.45, 2.75) is 16.7 Å². The van der Waals surface area contributed by atoms with Crippen LogP contribution in [-0.4, -0.2) is 17.9 Å². The normalized spacial score (nSPS) is 11.9. The van der Waals surface area contributed by atoms with E-state index in [-0.39, 0.29) is 11.8 Å². The van der Waals surface area contributed by atoms with Gasteiger partial charge >= 0.3 is 0 Å². The molecule has 0 aromatic heterocycles. The van der Waals surface area contributed by atoms with E-state index < -0.39 is 0 Å². The first kappa shape index (κ1) is 16.0. The summed E-state index contributed by atoms with van der Waals surface area (Å²) in [5.41, 5.74) is 0.864. The molecular formula is C17H19NOS2. The van der Waals surface area contributed by atoms with Gasteiger partial charge in [-0.15, -0.1) is 23.5 Å². The molecule has 0 aliphatic carbocycles. The predicted molar refractivity (Wildman–Crippen MR) is 93.2 cm³/mol. The van der Waals surface area contributed by atoms with Crippen molar-refractivity contribution in [2.24, 2.45) is 5.92 Å². The van der Waals surface area contributed by atoms with Crippen LogP contribution < -0.4 is 5.32 Å². The molecule has 21 heavy (non-hydrogen) atoms. The highest BCUT2D eigenvalue weighted by Crippen LogP contribution is 2.22. The van der Waals surface area contributed by atoms with Crippen LogP contribution in [0.5, 0.6) is 0 Å². The van der Waals surface area contributed by atoms with E-state index in [0.29, 0.717) is 0 Å². The topological polar surface area (TPSA) is 29.1 Å².